The third-order valence-electron chi connectivity index (χ3n) is 6.73. The Balaban J connectivity index is 1.40. The molecule has 2 aliphatic carbocycles. The van der Waals surface area contributed by atoms with Crippen molar-refractivity contribution >= 4 is 21.8 Å². The van der Waals surface area contributed by atoms with Crippen molar-refractivity contribution in [1.29, 1.82) is 0 Å². The van der Waals surface area contributed by atoms with Gasteiger partial charge in [0.05, 0.1) is 5.56 Å². The van der Waals surface area contributed by atoms with Crippen LogP contribution in [0.15, 0.2) is 22.7 Å². The summed E-state index contributed by atoms with van der Waals surface area (Å²) in [6, 6.07) is 6.12. The van der Waals surface area contributed by atoms with E-state index < -0.39 is 0 Å². The molecule has 1 heterocycles. The molecule has 1 amide bonds. The van der Waals surface area contributed by atoms with Crippen molar-refractivity contribution in [2.75, 3.05) is 6.54 Å². The molecule has 0 aromatic heterocycles. The number of hydrogen-bond donors (Lipinski definition) is 0. The lowest BCUT2D eigenvalue weighted by Gasteiger charge is -2.27. The summed E-state index contributed by atoms with van der Waals surface area (Å²) in [4.78, 5) is 14.8. The first-order valence-electron chi connectivity index (χ1n) is 9.79. The molecule has 0 saturated heterocycles. The zero-order valence-corrected chi connectivity index (χ0v) is 16.1. The maximum Gasteiger partial charge on any atom is 0.255 e. The molecule has 2 bridgehead atoms. The number of hydrogen-bond acceptors (Lipinski definition) is 1. The molecule has 3 aliphatic rings. The van der Waals surface area contributed by atoms with Crippen LogP contribution >= 0.6 is 15.9 Å². The second-order valence-electron chi connectivity index (χ2n) is 8.11. The summed E-state index contributed by atoms with van der Waals surface area (Å²) in [5.74, 6) is 2.98. The quantitative estimate of drug-likeness (QED) is 0.640. The summed E-state index contributed by atoms with van der Waals surface area (Å²) in [6.45, 7) is 1.74. The Bertz CT molecular complexity index is 614. The van der Waals surface area contributed by atoms with Crippen LogP contribution in [-0.2, 0) is 6.54 Å². The molecule has 24 heavy (non-hydrogen) atoms. The Labute approximate surface area is 154 Å². The Morgan fingerprint density at radius 2 is 1.88 bits per heavy atom. The molecule has 130 valence electrons. The highest BCUT2D eigenvalue weighted by atomic mass is 79.9. The smallest absolute Gasteiger partial charge is 0.255 e. The van der Waals surface area contributed by atoms with Gasteiger partial charge in [-0.05, 0) is 64.6 Å². The molecule has 4 rings (SSSR count). The highest BCUT2D eigenvalue weighted by Crippen LogP contribution is 2.41. The van der Waals surface area contributed by atoms with Gasteiger partial charge in [0.15, 0.2) is 0 Å². The standard InChI is InChI=1S/C21H28BrNO/c22-19-7-3-6-18-14-23(21(24)20(18)19)13-12-17-11-9-15-4-1-2-5-16(17)10-8-15/h3,6-7,15-17H,1-2,4-5,8-14H2. The van der Waals surface area contributed by atoms with E-state index in [2.05, 4.69) is 26.9 Å². The normalized spacial score (nSPS) is 30.0. The summed E-state index contributed by atoms with van der Waals surface area (Å²) >= 11 is 3.55. The number of halogens is 1. The third kappa shape index (κ3) is 3.29. The van der Waals surface area contributed by atoms with Crippen LogP contribution in [0.4, 0.5) is 0 Å². The number of nitrogens with zero attached hydrogens (tertiary/aromatic N) is 1. The van der Waals surface area contributed by atoms with Gasteiger partial charge in [-0.2, -0.15) is 0 Å². The summed E-state index contributed by atoms with van der Waals surface area (Å²) in [6.07, 6.45) is 12.7. The molecule has 1 aromatic carbocycles. The molecule has 1 aromatic rings. The van der Waals surface area contributed by atoms with Crippen LogP contribution < -0.4 is 0 Å². The molecular weight excluding hydrogens is 362 g/mol. The Morgan fingerprint density at radius 3 is 2.75 bits per heavy atom. The van der Waals surface area contributed by atoms with E-state index in [1.165, 1.54) is 63.4 Å². The van der Waals surface area contributed by atoms with E-state index >= 15 is 0 Å². The van der Waals surface area contributed by atoms with Crippen LogP contribution in [0.1, 0.15) is 73.7 Å². The van der Waals surface area contributed by atoms with Crippen LogP contribution in [-0.4, -0.2) is 17.4 Å². The zero-order valence-electron chi connectivity index (χ0n) is 14.5. The topological polar surface area (TPSA) is 20.3 Å². The molecule has 2 saturated carbocycles. The minimum Gasteiger partial charge on any atom is -0.334 e. The number of benzene rings is 1. The lowest BCUT2D eigenvalue weighted by Crippen LogP contribution is -2.28. The van der Waals surface area contributed by atoms with Gasteiger partial charge in [0.2, 0.25) is 0 Å². The van der Waals surface area contributed by atoms with Gasteiger partial charge in [-0.25, -0.2) is 0 Å². The number of carbonyl (C=O) groups excluding carboxylic acids is 1. The van der Waals surface area contributed by atoms with E-state index in [0.717, 1.165) is 40.9 Å². The fourth-order valence-electron chi connectivity index (χ4n) is 5.28. The van der Waals surface area contributed by atoms with Crippen LogP contribution in [0, 0.1) is 17.8 Å². The van der Waals surface area contributed by atoms with Gasteiger partial charge in [-0.1, -0.05) is 50.7 Å². The second kappa shape index (κ2) is 7.19. The predicted octanol–water partition coefficient (Wildman–Crippen LogP) is 5.79. The first-order chi connectivity index (χ1) is 11.7. The number of rotatable bonds is 3. The predicted molar refractivity (Wildman–Crippen MR) is 101 cm³/mol. The summed E-state index contributed by atoms with van der Waals surface area (Å²) in [5.41, 5.74) is 2.08. The zero-order chi connectivity index (χ0) is 16.5. The fourth-order valence-corrected chi connectivity index (χ4v) is 5.86. The number of fused-ring (bicyclic) bond motifs is 4. The average molecular weight is 390 g/mol. The maximum atomic E-state index is 12.7. The van der Waals surface area contributed by atoms with Crippen molar-refractivity contribution in [3.63, 3.8) is 0 Å². The highest BCUT2D eigenvalue weighted by molar-refractivity contribution is 9.10. The van der Waals surface area contributed by atoms with Crippen LogP contribution in [0.5, 0.6) is 0 Å². The minimum atomic E-state index is 0.227. The average Bonchev–Trinajstić information content (AvgIpc) is 2.80. The third-order valence-corrected chi connectivity index (χ3v) is 7.39. The Morgan fingerprint density at radius 1 is 1.04 bits per heavy atom. The lowest BCUT2D eigenvalue weighted by atomic mass is 9.81. The molecule has 2 fully saturated rings. The highest BCUT2D eigenvalue weighted by Gasteiger charge is 2.32. The van der Waals surface area contributed by atoms with Gasteiger partial charge in [0.25, 0.3) is 5.91 Å². The summed E-state index contributed by atoms with van der Waals surface area (Å²) in [5, 5.41) is 0. The minimum absolute atomic E-state index is 0.227. The molecule has 3 atom stereocenters. The first-order valence-corrected chi connectivity index (χ1v) is 10.6. The Hall–Kier alpha value is -0.830. The molecule has 1 aliphatic heterocycles. The van der Waals surface area contributed by atoms with E-state index in [-0.39, 0.29) is 5.91 Å². The Kier molecular flexibility index (Phi) is 4.98. The fraction of sp³-hybridized carbons (Fsp3) is 0.667. The molecule has 3 unspecified atom stereocenters. The second-order valence-corrected chi connectivity index (χ2v) is 8.97. The van der Waals surface area contributed by atoms with Gasteiger partial charge in [-0.3, -0.25) is 4.79 Å². The monoisotopic (exact) mass is 389 g/mol. The van der Waals surface area contributed by atoms with E-state index in [0.29, 0.717) is 0 Å². The van der Waals surface area contributed by atoms with Crippen LogP contribution in [0.25, 0.3) is 0 Å². The van der Waals surface area contributed by atoms with Gasteiger partial charge < -0.3 is 4.90 Å². The SMILES string of the molecule is O=C1c2c(Br)cccc2CN1CCC1CCC2CCCCC1CC2. The molecule has 0 radical (unpaired) electrons. The van der Waals surface area contributed by atoms with Crippen LogP contribution in [0.2, 0.25) is 0 Å². The summed E-state index contributed by atoms with van der Waals surface area (Å²) < 4.78 is 0.952. The van der Waals surface area contributed by atoms with Crippen molar-refractivity contribution in [2.24, 2.45) is 17.8 Å². The number of carbonyl (C=O) groups is 1. The van der Waals surface area contributed by atoms with Gasteiger partial charge in [0, 0.05) is 17.6 Å². The summed E-state index contributed by atoms with van der Waals surface area (Å²) in [7, 11) is 0. The van der Waals surface area contributed by atoms with Crippen molar-refractivity contribution in [1.82, 2.24) is 4.90 Å². The van der Waals surface area contributed by atoms with Crippen molar-refractivity contribution in [3.05, 3.63) is 33.8 Å². The maximum absolute atomic E-state index is 12.7. The van der Waals surface area contributed by atoms with Crippen molar-refractivity contribution < 1.29 is 4.79 Å². The number of amides is 1. The van der Waals surface area contributed by atoms with E-state index in [1.54, 1.807) is 0 Å². The van der Waals surface area contributed by atoms with Gasteiger partial charge in [-0.15, -0.1) is 0 Å². The molecule has 0 N–H and O–H groups in total. The van der Waals surface area contributed by atoms with E-state index in [1.807, 2.05) is 12.1 Å². The van der Waals surface area contributed by atoms with Crippen LogP contribution in [0.3, 0.4) is 0 Å². The van der Waals surface area contributed by atoms with Gasteiger partial charge >= 0.3 is 0 Å². The molecule has 2 nitrogen and oxygen atoms in total. The van der Waals surface area contributed by atoms with Crippen molar-refractivity contribution in [2.45, 2.75) is 64.3 Å². The molecule has 3 heteroatoms. The van der Waals surface area contributed by atoms with E-state index in [9.17, 15) is 4.79 Å². The van der Waals surface area contributed by atoms with Gasteiger partial charge in [0.1, 0.15) is 0 Å². The largest absolute Gasteiger partial charge is 0.334 e. The first kappa shape index (κ1) is 16.6. The molecular formula is C21H28BrNO. The van der Waals surface area contributed by atoms with E-state index in [4.69, 9.17) is 0 Å². The van der Waals surface area contributed by atoms with Crippen molar-refractivity contribution in [3.8, 4) is 0 Å². The molecule has 0 spiro atoms. The lowest BCUT2D eigenvalue weighted by molar-refractivity contribution is 0.0759.